The highest BCUT2D eigenvalue weighted by atomic mass is 19.1. The van der Waals surface area contributed by atoms with Crippen molar-refractivity contribution in [2.45, 2.75) is 6.92 Å². The van der Waals surface area contributed by atoms with E-state index in [2.05, 4.69) is 10.3 Å². The van der Waals surface area contributed by atoms with Gasteiger partial charge in [-0.15, -0.1) is 0 Å². The Hall–Kier alpha value is -2.63. The van der Waals surface area contributed by atoms with Gasteiger partial charge < -0.3 is 16.0 Å². The first kappa shape index (κ1) is 12.8. The van der Waals surface area contributed by atoms with E-state index in [1.54, 1.807) is 6.92 Å². The van der Waals surface area contributed by atoms with Crippen LogP contribution >= 0.6 is 0 Å². The zero-order valence-electron chi connectivity index (χ0n) is 10.2. The van der Waals surface area contributed by atoms with Crippen LogP contribution in [0, 0.1) is 12.7 Å². The van der Waals surface area contributed by atoms with Gasteiger partial charge in [0.1, 0.15) is 11.4 Å². The Kier molecular flexibility index (Phi) is 3.33. The highest BCUT2D eigenvalue weighted by Crippen LogP contribution is 2.16. The van der Waals surface area contributed by atoms with E-state index in [4.69, 9.17) is 5.73 Å². The molecule has 0 aliphatic rings. The maximum Gasteiger partial charge on any atom is 0.261 e. The molecule has 19 heavy (non-hydrogen) atoms. The summed E-state index contributed by atoms with van der Waals surface area (Å²) in [5.41, 5.74) is 5.77. The summed E-state index contributed by atoms with van der Waals surface area (Å²) in [5, 5.41) is 2.43. The first-order valence-corrected chi connectivity index (χ1v) is 5.53. The molecule has 0 atom stereocenters. The van der Waals surface area contributed by atoms with Crippen molar-refractivity contribution in [3.63, 3.8) is 0 Å². The predicted molar refractivity (Wildman–Crippen MR) is 70.6 cm³/mol. The second kappa shape index (κ2) is 4.93. The molecule has 0 unspecified atom stereocenters. The minimum atomic E-state index is -0.629. The summed E-state index contributed by atoms with van der Waals surface area (Å²) in [4.78, 5) is 26.2. The monoisotopic (exact) mass is 261 g/mol. The van der Waals surface area contributed by atoms with Gasteiger partial charge in [0.15, 0.2) is 5.43 Å². The number of anilines is 2. The van der Waals surface area contributed by atoms with Crippen molar-refractivity contribution in [3.8, 4) is 0 Å². The zero-order chi connectivity index (χ0) is 14.0. The molecule has 0 aliphatic carbocycles. The lowest BCUT2D eigenvalue weighted by atomic mass is 10.2. The van der Waals surface area contributed by atoms with Crippen molar-refractivity contribution >= 4 is 17.3 Å². The molecule has 0 saturated carbocycles. The maximum atomic E-state index is 13.2. The number of amides is 1. The van der Waals surface area contributed by atoms with Gasteiger partial charge in [-0.1, -0.05) is 0 Å². The summed E-state index contributed by atoms with van der Waals surface area (Å²) in [6, 6.07) is 5.21. The Balaban J connectivity index is 2.25. The standard InChI is InChI=1S/C13H12FN3O2/c1-7-4-12(18)9(6-16-7)13(19)17-8-2-3-11(15)10(14)5-8/h2-6H,15H2,1H3,(H,16,18)(H,17,19). The first-order valence-electron chi connectivity index (χ1n) is 5.53. The van der Waals surface area contributed by atoms with Crippen molar-refractivity contribution in [2.24, 2.45) is 0 Å². The van der Waals surface area contributed by atoms with Gasteiger partial charge in [0.25, 0.3) is 5.91 Å². The fourth-order valence-corrected chi connectivity index (χ4v) is 1.55. The third kappa shape index (κ3) is 2.79. The van der Waals surface area contributed by atoms with E-state index in [0.717, 1.165) is 6.07 Å². The molecule has 1 aromatic carbocycles. The number of carbonyl (C=O) groups is 1. The van der Waals surface area contributed by atoms with Gasteiger partial charge >= 0.3 is 0 Å². The maximum absolute atomic E-state index is 13.2. The lowest BCUT2D eigenvalue weighted by Crippen LogP contribution is -2.21. The number of hydrogen-bond acceptors (Lipinski definition) is 3. The Morgan fingerprint density at radius 1 is 1.37 bits per heavy atom. The number of halogens is 1. The fraction of sp³-hybridized carbons (Fsp3) is 0.0769. The van der Waals surface area contributed by atoms with E-state index in [1.807, 2.05) is 0 Å². The van der Waals surface area contributed by atoms with Crippen LogP contribution in [-0.4, -0.2) is 10.9 Å². The zero-order valence-corrected chi connectivity index (χ0v) is 10.2. The summed E-state index contributed by atoms with van der Waals surface area (Å²) in [7, 11) is 0. The number of H-pyrrole nitrogens is 1. The number of nitrogens with two attached hydrogens (primary N) is 1. The van der Waals surface area contributed by atoms with Crippen molar-refractivity contribution in [1.29, 1.82) is 0 Å². The van der Waals surface area contributed by atoms with Crippen LogP contribution < -0.4 is 16.5 Å². The first-order chi connectivity index (χ1) is 8.97. The van der Waals surface area contributed by atoms with Gasteiger partial charge in [0.2, 0.25) is 0 Å². The van der Waals surface area contributed by atoms with Gasteiger partial charge in [-0.3, -0.25) is 9.59 Å². The molecule has 0 saturated heterocycles. The Morgan fingerprint density at radius 3 is 2.74 bits per heavy atom. The van der Waals surface area contributed by atoms with Crippen molar-refractivity contribution in [1.82, 2.24) is 4.98 Å². The third-order valence-electron chi connectivity index (χ3n) is 2.56. The summed E-state index contributed by atoms with van der Waals surface area (Å²) in [6.45, 7) is 1.71. The van der Waals surface area contributed by atoms with E-state index in [0.29, 0.717) is 5.69 Å². The molecule has 0 spiro atoms. The minimum Gasteiger partial charge on any atom is -0.396 e. The van der Waals surface area contributed by atoms with Crippen LogP contribution in [0.1, 0.15) is 16.1 Å². The molecule has 4 N–H and O–H groups in total. The minimum absolute atomic E-state index is 0.00816. The number of nitrogens with one attached hydrogen (secondary N) is 2. The molecule has 2 rings (SSSR count). The smallest absolute Gasteiger partial charge is 0.261 e. The number of aromatic amines is 1. The van der Waals surface area contributed by atoms with Crippen LogP contribution in [0.5, 0.6) is 0 Å². The van der Waals surface area contributed by atoms with Gasteiger partial charge in [-0.2, -0.15) is 0 Å². The summed E-state index contributed by atoms with van der Waals surface area (Å²) >= 11 is 0. The number of pyridine rings is 1. The number of hydrogen-bond donors (Lipinski definition) is 3. The molecule has 0 radical (unpaired) electrons. The molecular weight excluding hydrogens is 249 g/mol. The molecule has 1 heterocycles. The quantitative estimate of drug-likeness (QED) is 0.718. The van der Waals surface area contributed by atoms with Crippen molar-refractivity contribution in [3.05, 3.63) is 57.8 Å². The van der Waals surface area contributed by atoms with Crippen LogP contribution in [0.4, 0.5) is 15.8 Å². The molecular formula is C13H12FN3O2. The normalized spacial score (nSPS) is 10.2. The molecule has 5 nitrogen and oxygen atoms in total. The van der Waals surface area contributed by atoms with E-state index in [1.165, 1.54) is 24.4 Å². The van der Waals surface area contributed by atoms with Gasteiger partial charge in [0.05, 0.1) is 5.69 Å². The average molecular weight is 261 g/mol. The number of aromatic nitrogens is 1. The number of carbonyl (C=O) groups excluding carboxylic acids is 1. The second-order valence-electron chi connectivity index (χ2n) is 4.08. The molecule has 98 valence electrons. The van der Waals surface area contributed by atoms with Crippen LogP contribution in [0.25, 0.3) is 0 Å². The molecule has 6 heteroatoms. The van der Waals surface area contributed by atoms with E-state index in [9.17, 15) is 14.0 Å². The molecule has 0 aliphatic heterocycles. The lowest BCUT2D eigenvalue weighted by Gasteiger charge is -2.06. The Labute approximate surface area is 108 Å². The molecule has 0 bridgehead atoms. The SMILES string of the molecule is Cc1cc(=O)c(C(=O)Nc2ccc(N)c(F)c2)c[nH]1. The van der Waals surface area contributed by atoms with Gasteiger partial charge in [0, 0.05) is 23.6 Å². The van der Waals surface area contributed by atoms with Crippen LogP contribution in [-0.2, 0) is 0 Å². The van der Waals surface area contributed by atoms with Crippen molar-refractivity contribution < 1.29 is 9.18 Å². The largest absolute Gasteiger partial charge is 0.396 e. The highest BCUT2D eigenvalue weighted by molar-refractivity contribution is 6.04. The number of benzene rings is 1. The summed E-state index contributed by atoms with van der Waals surface area (Å²) in [5.74, 6) is -1.24. The topological polar surface area (TPSA) is 88.0 Å². The van der Waals surface area contributed by atoms with E-state index in [-0.39, 0.29) is 16.9 Å². The number of aryl methyl sites for hydroxylation is 1. The predicted octanol–water partition coefficient (Wildman–Crippen LogP) is 1.66. The van der Waals surface area contributed by atoms with E-state index < -0.39 is 17.2 Å². The van der Waals surface area contributed by atoms with E-state index >= 15 is 0 Å². The molecule has 2 aromatic rings. The van der Waals surface area contributed by atoms with Crippen molar-refractivity contribution in [2.75, 3.05) is 11.1 Å². The summed E-state index contributed by atoms with van der Waals surface area (Å²) < 4.78 is 13.2. The number of nitrogen functional groups attached to an aromatic ring is 1. The number of rotatable bonds is 2. The summed E-state index contributed by atoms with van der Waals surface area (Å²) in [6.07, 6.45) is 1.32. The molecule has 1 aromatic heterocycles. The lowest BCUT2D eigenvalue weighted by molar-refractivity contribution is 0.102. The van der Waals surface area contributed by atoms with Gasteiger partial charge in [-0.05, 0) is 25.1 Å². The Bertz CT molecular complexity index is 695. The van der Waals surface area contributed by atoms with Crippen LogP contribution in [0.15, 0.2) is 35.3 Å². The van der Waals surface area contributed by atoms with Crippen LogP contribution in [0.3, 0.4) is 0 Å². The van der Waals surface area contributed by atoms with Crippen LogP contribution in [0.2, 0.25) is 0 Å². The second-order valence-corrected chi connectivity index (χ2v) is 4.08. The third-order valence-corrected chi connectivity index (χ3v) is 2.56. The fourth-order valence-electron chi connectivity index (χ4n) is 1.55. The highest BCUT2D eigenvalue weighted by Gasteiger charge is 2.11. The average Bonchev–Trinajstić information content (AvgIpc) is 2.33. The Morgan fingerprint density at radius 2 is 2.11 bits per heavy atom. The molecule has 0 fully saturated rings. The van der Waals surface area contributed by atoms with Gasteiger partial charge in [-0.25, -0.2) is 4.39 Å². The molecule has 1 amide bonds.